The Balaban J connectivity index is 1.75. The number of nitrogens with zero attached hydrogens (tertiary/aromatic N) is 1. The van der Waals surface area contributed by atoms with Crippen molar-refractivity contribution < 1.29 is 18.7 Å². The summed E-state index contributed by atoms with van der Waals surface area (Å²) in [6, 6.07) is 15.0. The van der Waals surface area contributed by atoms with Crippen LogP contribution >= 0.6 is 0 Å². The molecule has 2 aromatic rings. The molecule has 2 aromatic carbocycles. The minimum absolute atomic E-state index is 0.122. The van der Waals surface area contributed by atoms with E-state index in [0.717, 1.165) is 11.1 Å². The Morgan fingerprint density at radius 1 is 1.21 bits per heavy atom. The summed E-state index contributed by atoms with van der Waals surface area (Å²) < 4.78 is 18.1. The molecule has 0 radical (unpaired) electrons. The molecule has 0 unspecified atom stereocenters. The highest BCUT2D eigenvalue weighted by molar-refractivity contribution is 5.94. The first-order valence-corrected chi connectivity index (χ1v) is 7.85. The minimum Gasteiger partial charge on any atom is -0.446 e. The maximum absolute atomic E-state index is 13.0. The summed E-state index contributed by atoms with van der Waals surface area (Å²) in [7, 11) is 0. The molecule has 1 heterocycles. The Morgan fingerprint density at radius 3 is 2.54 bits per heavy atom. The molecule has 3 rings (SSSR count). The van der Waals surface area contributed by atoms with E-state index in [1.807, 2.05) is 37.3 Å². The highest BCUT2D eigenvalue weighted by Gasteiger charge is 2.39. The molecule has 1 saturated heterocycles. The highest BCUT2D eigenvalue weighted by atomic mass is 19.1. The van der Waals surface area contributed by atoms with Crippen LogP contribution in [0.25, 0.3) is 0 Å². The van der Waals surface area contributed by atoms with Crippen molar-refractivity contribution in [3.8, 4) is 0 Å². The predicted octanol–water partition coefficient (Wildman–Crippen LogP) is 4.04. The second-order valence-electron chi connectivity index (χ2n) is 5.92. The fraction of sp³-hybridized carbons (Fsp3) is 0.263. The van der Waals surface area contributed by atoms with Gasteiger partial charge in [0.2, 0.25) is 5.91 Å². The Hall–Kier alpha value is -2.69. The van der Waals surface area contributed by atoms with Crippen molar-refractivity contribution in [2.75, 3.05) is 6.61 Å². The van der Waals surface area contributed by atoms with Gasteiger partial charge in [-0.1, -0.05) is 49.4 Å². The molecule has 0 aliphatic carbocycles. The average molecular weight is 327 g/mol. The van der Waals surface area contributed by atoms with E-state index in [1.165, 1.54) is 17.0 Å². The summed E-state index contributed by atoms with van der Waals surface area (Å²) in [5.41, 5.74) is 1.72. The van der Waals surface area contributed by atoms with Crippen LogP contribution in [0.15, 0.2) is 54.6 Å². The maximum Gasteiger partial charge on any atom is 0.417 e. The van der Waals surface area contributed by atoms with Gasteiger partial charge in [-0.3, -0.25) is 4.79 Å². The number of cyclic esters (lactones) is 1. The molecule has 2 amide bonds. The predicted molar refractivity (Wildman–Crippen MR) is 86.8 cm³/mol. The Kier molecular flexibility index (Phi) is 4.60. The first kappa shape index (κ1) is 16.2. The molecule has 0 saturated carbocycles. The van der Waals surface area contributed by atoms with E-state index in [4.69, 9.17) is 4.74 Å². The molecular formula is C19H18FNO3. The third kappa shape index (κ3) is 3.30. The molecule has 2 atom stereocenters. The number of carbonyl (C=O) groups is 2. The summed E-state index contributed by atoms with van der Waals surface area (Å²) in [6.45, 7) is 2.05. The summed E-state index contributed by atoms with van der Waals surface area (Å²) in [4.78, 5) is 25.8. The zero-order chi connectivity index (χ0) is 17.1. The summed E-state index contributed by atoms with van der Waals surface area (Å²) in [5.74, 6) is -0.726. The van der Waals surface area contributed by atoms with Crippen LogP contribution < -0.4 is 0 Å². The molecule has 1 fully saturated rings. The van der Waals surface area contributed by atoms with Crippen molar-refractivity contribution in [1.82, 2.24) is 4.90 Å². The number of halogens is 1. The third-order valence-electron chi connectivity index (χ3n) is 4.25. The van der Waals surface area contributed by atoms with Gasteiger partial charge in [0.1, 0.15) is 18.5 Å². The zero-order valence-corrected chi connectivity index (χ0v) is 13.3. The lowest BCUT2D eigenvalue weighted by Gasteiger charge is -2.21. The van der Waals surface area contributed by atoms with Crippen molar-refractivity contribution in [2.24, 2.45) is 0 Å². The maximum atomic E-state index is 13.0. The van der Waals surface area contributed by atoms with E-state index in [-0.39, 0.29) is 30.7 Å². The van der Waals surface area contributed by atoms with Gasteiger partial charge in [0, 0.05) is 6.42 Å². The van der Waals surface area contributed by atoms with Crippen LogP contribution in [-0.2, 0) is 9.53 Å². The van der Waals surface area contributed by atoms with Gasteiger partial charge in [-0.25, -0.2) is 14.1 Å². The number of carbonyl (C=O) groups excluding carboxylic acids is 2. The van der Waals surface area contributed by atoms with Crippen molar-refractivity contribution in [1.29, 1.82) is 0 Å². The lowest BCUT2D eigenvalue weighted by molar-refractivity contribution is -0.129. The Labute approximate surface area is 139 Å². The van der Waals surface area contributed by atoms with Crippen LogP contribution in [0.3, 0.4) is 0 Å². The monoisotopic (exact) mass is 327 g/mol. The molecule has 1 aliphatic rings. The number of rotatable bonds is 4. The van der Waals surface area contributed by atoms with E-state index < -0.39 is 12.1 Å². The van der Waals surface area contributed by atoms with Crippen LogP contribution in [0.5, 0.6) is 0 Å². The molecule has 0 N–H and O–H groups in total. The number of hydrogen-bond acceptors (Lipinski definition) is 3. The van der Waals surface area contributed by atoms with Gasteiger partial charge in [-0.05, 0) is 29.2 Å². The second-order valence-corrected chi connectivity index (χ2v) is 5.92. The van der Waals surface area contributed by atoms with E-state index in [9.17, 15) is 14.0 Å². The Morgan fingerprint density at radius 2 is 1.88 bits per heavy atom. The van der Waals surface area contributed by atoms with Gasteiger partial charge in [0.05, 0.1) is 0 Å². The van der Waals surface area contributed by atoms with Gasteiger partial charge >= 0.3 is 6.09 Å². The molecule has 24 heavy (non-hydrogen) atoms. The number of ether oxygens (including phenoxy) is 1. The molecule has 124 valence electrons. The SMILES string of the molecule is C[C@H](CC(=O)N1C(=O)OC[C@@H]1c1ccccc1)c1ccc(F)cc1. The van der Waals surface area contributed by atoms with Crippen molar-refractivity contribution >= 4 is 12.0 Å². The largest absolute Gasteiger partial charge is 0.446 e. The van der Waals surface area contributed by atoms with Crippen LogP contribution in [-0.4, -0.2) is 23.5 Å². The number of benzene rings is 2. The summed E-state index contributed by atoms with van der Waals surface area (Å²) in [5, 5.41) is 0. The fourth-order valence-electron chi connectivity index (χ4n) is 2.89. The van der Waals surface area contributed by atoms with Gasteiger partial charge in [0.25, 0.3) is 0 Å². The zero-order valence-electron chi connectivity index (χ0n) is 13.3. The molecule has 1 aliphatic heterocycles. The van der Waals surface area contributed by atoms with Crippen molar-refractivity contribution in [3.63, 3.8) is 0 Å². The number of hydrogen-bond donors (Lipinski definition) is 0. The Bertz CT molecular complexity index is 730. The average Bonchev–Trinajstić information content (AvgIpc) is 2.98. The van der Waals surface area contributed by atoms with Crippen molar-refractivity contribution in [3.05, 3.63) is 71.5 Å². The van der Waals surface area contributed by atoms with E-state index in [1.54, 1.807) is 12.1 Å². The van der Waals surface area contributed by atoms with E-state index in [0.29, 0.717) is 0 Å². The minimum atomic E-state index is -0.611. The molecule has 0 spiro atoms. The summed E-state index contributed by atoms with van der Waals surface area (Å²) >= 11 is 0. The van der Waals surface area contributed by atoms with Gasteiger partial charge < -0.3 is 4.74 Å². The lowest BCUT2D eigenvalue weighted by atomic mass is 9.96. The van der Waals surface area contributed by atoms with E-state index >= 15 is 0 Å². The van der Waals surface area contributed by atoms with Crippen LogP contribution in [0.2, 0.25) is 0 Å². The normalized spacial score (nSPS) is 18.3. The number of amides is 2. The van der Waals surface area contributed by atoms with E-state index in [2.05, 4.69) is 0 Å². The standard InChI is InChI=1S/C19H18FNO3/c1-13(14-7-9-16(20)10-8-14)11-18(22)21-17(12-24-19(21)23)15-5-3-2-4-6-15/h2-10,13,17H,11-12H2,1H3/t13-,17-/m1/s1. The molecule has 0 aromatic heterocycles. The fourth-order valence-corrected chi connectivity index (χ4v) is 2.89. The van der Waals surface area contributed by atoms with Gasteiger partial charge in [0.15, 0.2) is 0 Å². The van der Waals surface area contributed by atoms with Gasteiger partial charge in [-0.2, -0.15) is 0 Å². The van der Waals surface area contributed by atoms with Crippen LogP contribution in [0, 0.1) is 5.82 Å². The molecule has 0 bridgehead atoms. The van der Waals surface area contributed by atoms with Crippen LogP contribution in [0.4, 0.5) is 9.18 Å². The molecular weight excluding hydrogens is 309 g/mol. The third-order valence-corrected chi connectivity index (χ3v) is 4.25. The molecule has 5 heteroatoms. The topological polar surface area (TPSA) is 46.6 Å². The molecule has 4 nitrogen and oxygen atoms in total. The van der Waals surface area contributed by atoms with Crippen LogP contribution in [0.1, 0.15) is 36.4 Å². The first-order chi connectivity index (χ1) is 11.6. The smallest absolute Gasteiger partial charge is 0.417 e. The first-order valence-electron chi connectivity index (χ1n) is 7.85. The quantitative estimate of drug-likeness (QED) is 0.851. The number of imide groups is 1. The van der Waals surface area contributed by atoms with Crippen molar-refractivity contribution in [2.45, 2.75) is 25.3 Å². The highest BCUT2D eigenvalue weighted by Crippen LogP contribution is 2.30. The van der Waals surface area contributed by atoms with Gasteiger partial charge in [-0.15, -0.1) is 0 Å². The lowest BCUT2D eigenvalue weighted by Crippen LogP contribution is -2.34. The second kappa shape index (κ2) is 6.83. The summed E-state index contributed by atoms with van der Waals surface area (Å²) in [6.07, 6.45) is -0.454.